The fraction of sp³-hybridized carbons (Fsp3) is 0.833. The van der Waals surface area contributed by atoms with E-state index in [2.05, 4.69) is 86.8 Å². The van der Waals surface area contributed by atoms with Crippen LogP contribution in [0.5, 0.6) is 0 Å². The number of nitrogens with zero attached hydrogens (tertiary/aromatic N) is 1. The van der Waals surface area contributed by atoms with Crippen molar-refractivity contribution in [2.24, 2.45) is 0 Å². The Morgan fingerprint density at radius 2 is 0.576 bits per heavy atom. The second-order valence-electron chi connectivity index (χ2n) is 30.5. The molecule has 1 N–H and O–H groups in total. The molecule has 9 nitrogen and oxygen atoms in total. The zero-order valence-electron chi connectivity index (χ0n) is 66.4. The van der Waals surface area contributed by atoms with E-state index in [1.165, 1.54) is 321 Å². The van der Waals surface area contributed by atoms with Gasteiger partial charge in [0.15, 0.2) is 6.10 Å². The van der Waals surface area contributed by atoms with Crippen LogP contribution < -0.4 is 0 Å². The zero-order chi connectivity index (χ0) is 71.8. The third-order valence-electron chi connectivity index (χ3n) is 19.5. The summed E-state index contributed by atoms with van der Waals surface area (Å²) in [6, 6.07) is 0. The Bertz CT molecular complexity index is 1860. The minimum atomic E-state index is -1.51. The maximum Gasteiger partial charge on any atom is 0.361 e. The van der Waals surface area contributed by atoms with Crippen LogP contribution in [0, 0.1) is 0 Å². The van der Waals surface area contributed by atoms with E-state index in [4.69, 9.17) is 18.9 Å². The molecule has 2 atom stereocenters. The number of quaternary nitrogens is 1. The molecule has 9 heteroatoms. The van der Waals surface area contributed by atoms with Crippen molar-refractivity contribution in [1.82, 2.24) is 0 Å². The molecule has 0 radical (unpaired) electrons. The number of esters is 2. The molecule has 0 saturated heterocycles. The third kappa shape index (κ3) is 81.9. The topological polar surface area (TPSA) is 108 Å². The van der Waals surface area contributed by atoms with Gasteiger partial charge in [-0.25, -0.2) is 4.79 Å². The van der Waals surface area contributed by atoms with Crippen LogP contribution in [0.15, 0.2) is 72.9 Å². The van der Waals surface area contributed by atoms with Crippen LogP contribution in [0.25, 0.3) is 0 Å². The van der Waals surface area contributed by atoms with Gasteiger partial charge >= 0.3 is 17.9 Å². The van der Waals surface area contributed by atoms with Gasteiger partial charge in [0.1, 0.15) is 13.2 Å². The molecule has 0 fully saturated rings. The van der Waals surface area contributed by atoms with E-state index in [9.17, 15) is 19.5 Å². The van der Waals surface area contributed by atoms with Crippen molar-refractivity contribution in [3.63, 3.8) is 0 Å². The highest BCUT2D eigenvalue weighted by atomic mass is 16.7. The summed E-state index contributed by atoms with van der Waals surface area (Å²) in [7, 11) is 6.00. The van der Waals surface area contributed by atoms with E-state index in [0.29, 0.717) is 17.4 Å². The quantitative estimate of drug-likeness (QED) is 0.0211. The van der Waals surface area contributed by atoms with Crippen molar-refractivity contribution in [3.8, 4) is 0 Å². The summed E-state index contributed by atoms with van der Waals surface area (Å²) in [4.78, 5) is 37.8. The van der Waals surface area contributed by atoms with Crippen molar-refractivity contribution in [1.29, 1.82) is 0 Å². The molecule has 0 aliphatic rings. The molecule has 0 aromatic rings. The lowest BCUT2D eigenvalue weighted by Gasteiger charge is -2.25. The summed E-state index contributed by atoms with van der Waals surface area (Å²) in [5.74, 6) is -1.98. The zero-order valence-corrected chi connectivity index (χ0v) is 66.4. The molecule has 0 spiro atoms. The normalized spacial score (nSPS) is 12.9. The number of carboxylic acids is 1. The minimum Gasteiger partial charge on any atom is -0.477 e. The number of carbonyl (C=O) groups is 3. The number of hydrogen-bond acceptors (Lipinski definition) is 7. The van der Waals surface area contributed by atoms with E-state index in [1.54, 1.807) is 0 Å². The number of aliphatic carboxylic acids is 1. The molecule has 0 rings (SSSR count). The predicted octanol–water partition coefficient (Wildman–Crippen LogP) is 27.9. The number of unbranched alkanes of at least 4 members (excludes halogenated alkanes) is 54. The summed E-state index contributed by atoms with van der Waals surface area (Å²) in [5.41, 5.74) is 0. The lowest BCUT2D eigenvalue weighted by molar-refractivity contribution is -0.870. The number of rotatable bonds is 81. The molecule has 578 valence electrons. The fourth-order valence-corrected chi connectivity index (χ4v) is 13.0. The van der Waals surface area contributed by atoms with Crippen LogP contribution in [0.2, 0.25) is 0 Å². The van der Waals surface area contributed by atoms with Crippen LogP contribution in [0.4, 0.5) is 0 Å². The molecule has 0 aromatic carbocycles. The molecular weight excluding hydrogens is 1220 g/mol. The van der Waals surface area contributed by atoms with Crippen molar-refractivity contribution >= 4 is 17.9 Å². The van der Waals surface area contributed by atoms with Gasteiger partial charge in [0.25, 0.3) is 6.29 Å². The first-order chi connectivity index (χ1) is 48.6. The predicted molar refractivity (Wildman–Crippen MR) is 429 cm³/mol. The molecule has 0 aromatic heterocycles. The number of likely N-dealkylation sites (N-methyl/N-ethyl adjacent to an activating group) is 1. The molecular formula is C90H166NO8+. The van der Waals surface area contributed by atoms with Crippen LogP contribution in [-0.4, -0.2) is 87.4 Å². The second-order valence-corrected chi connectivity index (χ2v) is 30.5. The molecule has 0 heterocycles. The maximum absolute atomic E-state index is 13.0. The van der Waals surface area contributed by atoms with Gasteiger partial charge in [-0.1, -0.05) is 421 Å². The Morgan fingerprint density at radius 1 is 0.313 bits per heavy atom. The summed E-state index contributed by atoms with van der Waals surface area (Å²) >= 11 is 0. The first kappa shape index (κ1) is 95.7. The SMILES string of the molecule is CC/C=C\C/C=C\C/C=C\C/C=C\C/C=C\C/C=C\CCCCCCCCCCCCCCCCC(=O)OC(COC(=O)CCCCCCCCCCCCCCCCCCCCCCCCCCCCCCCCCCCCCCCCCCC)COC(OCC[N+](C)(C)C)C(=O)O. The molecule has 0 aliphatic carbocycles. The van der Waals surface area contributed by atoms with Gasteiger partial charge in [0, 0.05) is 12.8 Å². The van der Waals surface area contributed by atoms with Crippen molar-refractivity contribution < 1.29 is 42.9 Å². The van der Waals surface area contributed by atoms with Gasteiger partial charge in [-0.3, -0.25) is 9.59 Å². The Labute approximate surface area is 615 Å². The molecule has 0 amide bonds. The molecule has 0 saturated carbocycles. The Balaban J connectivity index is 3.93. The Hall–Kier alpha value is -3.27. The van der Waals surface area contributed by atoms with E-state index in [1.807, 2.05) is 21.1 Å². The standard InChI is InChI=1S/C90H165NO8/c1-6-8-10-12-14-16-18-20-22-24-26-28-30-32-34-36-38-40-41-42-43-44-45-46-47-49-50-52-54-56-58-60-62-64-66-68-70-72-74-76-78-80-87(92)97-84-86(85-98-90(89(94)95)96-83-82-91(3,4)5)99-88(93)81-79-77-75-73-71-69-67-65-63-61-59-57-55-53-51-48-39-37-35-33-31-29-27-25-23-21-19-17-15-13-11-9-7-2/h9,11,15,17,21,23,27,29,33,35,39,48,86,90H,6-8,10,12-14,16,18-20,22,24-26,28,30-32,34,36-38,40-47,49-85H2,1-5H3/p+1/b11-9-,17-15-,23-21-,29-27-,35-33-,48-39-. The van der Waals surface area contributed by atoms with Crippen LogP contribution in [0.3, 0.4) is 0 Å². The van der Waals surface area contributed by atoms with Gasteiger partial charge in [0.05, 0.1) is 34.4 Å². The Kier molecular flexibility index (Phi) is 77.8. The van der Waals surface area contributed by atoms with E-state index >= 15 is 0 Å². The van der Waals surface area contributed by atoms with Crippen LogP contribution in [-0.2, 0) is 33.3 Å². The van der Waals surface area contributed by atoms with Gasteiger partial charge < -0.3 is 28.5 Å². The molecule has 99 heavy (non-hydrogen) atoms. The largest absolute Gasteiger partial charge is 0.477 e. The number of allylic oxidation sites excluding steroid dienone is 12. The summed E-state index contributed by atoms with van der Waals surface area (Å²) in [6.45, 7) is 4.83. The van der Waals surface area contributed by atoms with Crippen molar-refractivity contribution in [2.45, 2.75) is 437 Å². The van der Waals surface area contributed by atoms with E-state index in [0.717, 1.165) is 77.0 Å². The molecule has 0 aliphatic heterocycles. The maximum atomic E-state index is 13.0. The van der Waals surface area contributed by atoms with Crippen molar-refractivity contribution in [2.75, 3.05) is 47.5 Å². The van der Waals surface area contributed by atoms with E-state index in [-0.39, 0.29) is 38.2 Å². The van der Waals surface area contributed by atoms with Crippen molar-refractivity contribution in [3.05, 3.63) is 72.9 Å². The monoisotopic (exact) mass is 1390 g/mol. The van der Waals surface area contributed by atoms with Gasteiger partial charge in [-0.05, 0) is 64.2 Å². The fourth-order valence-electron chi connectivity index (χ4n) is 13.0. The van der Waals surface area contributed by atoms with E-state index < -0.39 is 18.4 Å². The summed E-state index contributed by atoms with van der Waals surface area (Å²) in [6.07, 6.45) is 107. The second kappa shape index (κ2) is 80.4. The highest BCUT2D eigenvalue weighted by Gasteiger charge is 2.25. The highest BCUT2D eigenvalue weighted by Crippen LogP contribution is 2.20. The summed E-state index contributed by atoms with van der Waals surface area (Å²) < 4.78 is 23.1. The highest BCUT2D eigenvalue weighted by molar-refractivity contribution is 5.71. The van der Waals surface area contributed by atoms with Crippen LogP contribution in [0.1, 0.15) is 425 Å². The first-order valence-electron chi connectivity index (χ1n) is 43.1. The molecule has 0 bridgehead atoms. The van der Waals surface area contributed by atoms with Crippen LogP contribution >= 0.6 is 0 Å². The Morgan fingerprint density at radius 3 is 0.859 bits per heavy atom. The first-order valence-corrected chi connectivity index (χ1v) is 43.1. The average molecular weight is 1390 g/mol. The average Bonchev–Trinajstić information content (AvgIpc) is 1.57. The lowest BCUT2D eigenvalue weighted by Crippen LogP contribution is -2.40. The molecule has 2 unspecified atom stereocenters. The van der Waals surface area contributed by atoms with Gasteiger partial charge in [-0.2, -0.15) is 0 Å². The minimum absolute atomic E-state index is 0.179. The van der Waals surface area contributed by atoms with Gasteiger partial charge in [-0.15, -0.1) is 0 Å². The number of carbonyl (C=O) groups excluding carboxylic acids is 2. The van der Waals surface area contributed by atoms with Gasteiger partial charge in [0.2, 0.25) is 0 Å². The number of hydrogen-bond donors (Lipinski definition) is 1. The number of ether oxygens (including phenoxy) is 4. The lowest BCUT2D eigenvalue weighted by atomic mass is 10.0. The summed E-state index contributed by atoms with van der Waals surface area (Å²) in [5, 5.41) is 9.78. The number of carboxylic acid groups (broad SMARTS) is 1. The smallest absolute Gasteiger partial charge is 0.361 e. The third-order valence-corrected chi connectivity index (χ3v) is 19.5.